The first-order valence-corrected chi connectivity index (χ1v) is 7.76. The van der Waals surface area contributed by atoms with Gasteiger partial charge in [-0.1, -0.05) is 25.1 Å². The first-order chi connectivity index (χ1) is 9.74. The third-order valence-corrected chi connectivity index (χ3v) is 3.98. The zero-order chi connectivity index (χ0) is 14.4. The number of ether oxygens (including phenoxy) is 1. The van der Waals surface area contributed by atoms with E-state index in [4.69, 9.17) is 4.42 Å². The molecule has 0 bridgehead atoms. The third kappa shape index (κ3) is 3.77. The molecule has 5 heteroatoms. The Labute approximate surface area is 122 Å². The maximum absolute atomic E-state index is 11.1. The normalized spacial score (nSPS) is 12.5. The topological polar surface area (TPSA) is 51.5 Å². The van der Waals surface area contributed by atoms with Crippen molar-refractivity contribution in [2.24, 2.45) is 0 Å². The van der Waals surface area contributed by atoms with Crippen LogP contribution in [0.25, 0.3) is 11.0 Å². The Morgan fingerprint density at radius 2 is 2.25 bits per heavy atom. The minimum absolute atomic E-state index is 0.0991. The van der Waals surface area contributed by atoms with E-state index in [9.17, 15) is 4.79 Å². The molecule has 1 aromatic carbocycles. The fourth-order valence-electron chi connectivity index (χ4n) is 1.98. The van der Waals surface area contributed by atoms with Crippen molar-refractivity contribution in [2.75, 3.05) is 25.2 Å². The molecule has 0 aliphatic carbocycles. The molecular weight excluding hydrogens is 274 g/mol. The van der Waals surface area contributed by atoms with Crippen molar-refractivity contribution in [2.45, 2.75) is 13.0 Å². The van der Waals surface area contributed by atoms with Gasteiger partial charge in [0.15, 0.2) is 0 Å². The highest BCUT2D eigenvalue weighted by Crippen LogP contribution is 2.26. The number of furan rings is 1. The van der Waals surface area contributed by atoms with Crippen LogP contribution in [0.4, 0.5) is 0 Å². The summed E-state index contributed by atoms with van der Waals surface area (Å²) in [4.78, 5) is 11.1. The summed E-state index contributed by atoms with van der Waals surface area (Å²) >= 11 is 1.54. The van der Waals surface area contributed by atoms with Gasteiger partial charge in [-0.25, -0.2) is 0 Å². The van der Waals surface area contributed by atoms with Crippen molar-refractivity contribution in [1.82, 2.24) is 5.32 Å². The predicted molar refractivity (Wildman–Crippen MR) is 82.0 cm³/mol. The molecule has 0 saturated heterocycles. The summed E-state index contributed by atoms with van der Waals surface area (Å²) in [5.74, 6) is 1.83. The average molecular weight is 293 g/mol. The van der Waals surface area contributed by atoms with Crippen LogP contribution in [0.1, 0.15) is 18.7 Å². The first-order valence-electron chi connectivity index (χ1n) is 6.61. The molecule has 0 aliphatic heterocycles. The van der Waals surface area contributed by atoms with E-state index in [1.807, 2.05) is 24.3 Å². The van der Waals surface area contributed by atoms with Crippen LogP contribution < -0.4 is 5.32 Å². The van der Waals surface area contributed by atoms with Crippen LogP contribution in [0.3, 0.4) is 0 Å². The van der Waals surface area contributed by atoms with Crippen molar-refractivity contribution in [3.05, 3.63) is 36.1 Å². The Morgan fingerprint density at radius 1 is 1.45 bits per heavy atom. The van der Waals surface area contributed by atoms with E-state index in [0.29, 0.717) is 5.75 Å². The van der Waals surface area contributed by atoms with Gasteiger partial charge in [0.25, 0.3) is 0 Å². The number of fused-ring (bicyclic) bond motifs is 1. The molecule has 0 spiro atoms. The summed E-state index contributed by atoms with van der Waals surface area (Å²) in [6.07, 6.45) is 0. The first kappa shape index (κ1) is 14.9. The standard InChI is InChI=1S/C15H19NO3S/c1-3-16-12(9-20-10-15(17)18-2)14-8-11-6-4-5-7-13(11)19-14/h4-8,12,16H,3,9-10H2,1-2H3. The van der Waals surface area contributed by atoms with Gasteiger partial charge in [-0.2, -0.15) is 0 Å². The van der Waals surface area contributed by atoms with Gasteiger partial charge in [-0.3, -0.25) is 4.79 Å². The second kappa shape index (κ2) is 7.36. The molecule has 0 fully saturated rings. The highest BCUT2D eigenvalue weighted by atomic mass is 32.2. The second-order valence-corrected chi connectivity index (χ2v) is 5.42. The van der Waals surface area contributed by atoms with Gasteiger partial charge in [0.05, 0.1) is 18.9 Å². The number of thioether (sulfide) groups is 1. The molecule has 0 aliphatic rings. The van der Waals surface area contributed by atoms with E-state index < -0.39 is 0 Å². The van der Waals surface area contributed by atoms with Crippen molar-refractivity contribution in [3.8, 4) is 0 Å². The fourth-order valence-corrected chi connectivity index (χ4v) is 2.90. The molecule has 0 saturated carbocycles. The Bertz CT molecular complexity index is 534. The van der Waals surface area contributed by atoms with Gasteiger partial charge in [-0.05, 0) is 18.7 Å². The SMILES string of the molecule is CCNC(CSCC(=O)OC)c1cc2ccccc2o1. The summed E-state index contributed by atoms with van der Waals surface area (Å²) in [6.45, 7) is 2.90. The summed E-state index contributed by atoms with van der Waals surface area (Å²) in [5.41, 5.74) is 0.892. The molecule has 2 aromatic rings. The minimum atomic E-state index is -0.199. The lowest BCUT2D eigenvalue weighted by Gasteiger charge is -2.14. The molecule has 1 aromatic heterocycles. The largest absolute Gasteiger partial charge is 0.468 e. The highest BCUT2D eigenvalue weighted by molar-refractivity contribution is 7.99. The Balaban J connectivity index is 2.05. The lowest BCUT2D eigenvalue weighted by molar-refractivity contribution is -0.137. The molecule has 4 nitrogen and oxygen atoms in total. The van der Waals surface area contributed by atoms with E-state index in [2.05, 4.69) is 23.0 Å². The number of rotatable bonds is 7. The van der Waals surface area contributed by atoms with Gasteiger partial charge in [0.1, 0.15) is 11.3 Å². The van der Waals surface area contributed by atoms with Gasteiger partial charge in [0, 0.05) is 11.1 Å². The molecule has 0 radical (unpaired) electrons. The summed E-state index contributed by atoms with van der Waals surface area (Å²) in [5, 5.41) is 4.49. The van der Waals surface area contributed by atoms with Gasteiger partial charge >= 0.3 is 5.97 Å². The van der Waals surface area contributed by atoms with Gasteiger partial charge in [0.2, 0.25) is 0 Å². The monoisotopic (exact) mass is 293 g/mol. The van der Waals surface area contributed by atoms with Crippen LogP contribution in [-0.2, 0) is 9.53 Å². The Hall–Kier alpha value is -1.46. The van der Waals surface area contributed by atoms with Crippen molar-refractivity contribution in [1.29, 1.82) is 0 Å². The van der Waals surface area contributed by atoms with Crippen LogP contribution in [0.15, 0.2) is 34.7 Å². The smallest absolute Gasteiger partial charge is 0.315 e. The molecule has 20 heavy (non-hydrogen) atoms. The molecule has 1 atom stereocenters. The van der Waals surface area contributed by atoms with Crippen molar-refractivity contribution < 1.29 is 13.9 Å². The zero-order valence-corrected chi connectivity index (χ0v) is 12.5. The predicted octanol–water partition coefficient (Wildman–Crippen LogP) is 2.99. The molecular formula is C15H19NO3S. The van der Waals surface area contributed by atoms with Crippen molar-refractivity contribution in [3.63, 3.8) is 0 Å². The van der Waals surface area contributed by atoms with Crippen LogP contribution >= 0.6 is 11.8 Å². The van der Waals surface area contributed by atoms with Crippen LogP contribution in [0, 0.1) is 0 Å². The van der Waals surface area contributed by atoms with Crippen LogP contribution in [0.5, 0.6) is 0 Å². The van der Waals surface area contributed by atoms with Gasteiger partial charge in [-0.15, -0.1) is 11.8 Å². The summed E-state index contributed by atoms with van der Waals surface area (Å²) < 4.78 is 10.5. The van der Waals surface area contributed by atoms with E-state index in [0.717, 1.165) is 29.0 Å². The second-order valence-electron chi connectivity index (χ2n) is 4.39. The molecule has 1 N–H and O–H groups in total. The third-order valence-electron chi connectivity index (χ3n) is 2.97. The maximum Gasteiger partial charge on any atom is 0.315 e. The summed E-state index contributed by atoms with van der Waals surface area (Å²) in [7, 11) is 1.41. The zero-order valence-electron chi connectivity index (χ0n) is 11.7. The number of esters is 1. The summed E-state index contributed by atoms with van der Waals surface area (Å²) in [6, 6.07) is 10.1. The number of hydrogen-bond acceptors (Lipinski definition) is 5. The van der Waals surface area contributed by atoms with Crippen LogP contribution in [0.2, 0.25) is 0 Å². The number of nitrogens with one attached hydrogen (secondary N) is 1. The fraction of sp³-hybridized carbons (Fsp3) is 0.400. The van der Waals surface area contributed by atoms with E-state index in [-0.39, 0.29) is 12.0 Å². The average Bonchev–Trinajstić information content (AvgIpc) is 2.89. The number of benzene rings is 1. The number of methoxy groups -OCH3 is 1. The quantitative estimate of drug-likeness (QED) is 0.795. The van der Waals surface area contributed by atoms with E-state index >= 15 is 0 Å². The number of carbonyl (C=O) groups is 1. The molecule has 108 valence electrons. The minimum Gasteiger partial charge on any atom is -0.468 e. The number of para-hydroxylation sites is 1. The lowest BCUT2D eigenvalue weighted by Crippen LogP contribution is -2.23. The Morgan fingerprint density at radius 3 is 2.95 bits per heavy atom. The lowest BCUT2D eigenvalue weighted by atomic mass is 10.2. The van der Waals surface area contributed by atoms with E-state index in [1.54, 1.807) is 11.8 Å². The maximum atomic E-state index is 11.1. The molecule has 1 unspecified atom stereocenters. The Kier molecular flexibility index (Phi) is 5.49. The highest BCUT2D eigenvalue weighted by Gasteiger charge is 2.16. The molecule has 2 rings (SSSR count). The number of carbonyl (C=O) groups excluding carboxylic acids is 1. The molecule has 1 heterocycles. The number of hydrogen-bond donors (Lipinski definition) is 1. The molecule has 0 amide bonds. The van der Waals surface area contributed by atoms with E-state index in [1.165, 1.54) is 7.11 Å². The van der Waals surface area contributed by atoms with Crippen molar-refractivity contribution >= 4 is 28.7 Å². The van der Waals surface area contributed by atoms with Gasteiger partial charge < -0.3 is 14.5 Å². The van der Waals surface area contributed by atoms with Crippen LogP contribution in [-0.4, -0.2) is 31.1 Å².